The molecule has 0 aliphatic heterocycles. The molecule has 14 heavy (non-hydrogen) atoms. The zero-order valence-electron chi connectivity index (χ0n) is 8.68. The third kappa shape index (κ3) is 1.78. The smallest absolute Gasteiger partial charge is 0.0175 e. The Morgan fingerprint density at radius 2 is 1.86 bits per heavy atom. The summed E-state index contributed by atoms with van der Waals surface area (Å²) in [6.45, 7) is 4.55. The third-order valence-electron chi connectivity index (χ3n) is 3.11. The number of hydrogen-bond donors (Lipinski definition) is 0. The molecule has 0 N–H and O–H groups in total. The van der Waals surface area contributed by atoms with Crippen molar-refractivity contribution in [3.05, 3.63) is 46.0 Å². The van der Waals surface area contributed by atoms with E-state index < -0.39 is 0 Å². The largest absolute Gasteiger partial charge is 0.0764 e. The van der Waals surface area contributed by atoms with E-state index in [1.54, 1.807) is 0 Å². The average Bonchev–Trinajstić information content (AvgIpc) is 2.48. The highest BCUT2D eigenvalue weighted by molar-refractivity contribution is 9.10. The van der Waals surface area contributed by atoms with Gasteiger partial charge in [-0.2, -0.15) is 0 Å². The molecular formula is C13H15Br. The molecule has 0 spiro atoms. The van der Waals surface area contributed by atoms with Crippen molar-refractivity contribution >= 4 is 15.9 Å². The standard InChI is InChI=1S/C13H15Br/c1-10-7-8-13(2,9-10)11-3-5-12(14)6-4-11/h3-6,9H,7-8H2,1-2H3/t13-/m1/s1. The van der Waals surface area contributed by atoms with Crippen molar-refractivity contribution in [1.82, 2.24) is 0 Å². The number of hydrogen-bond acceptors (Lipinski definition) is 0. The van der Waals surface area contributed by atoms with Gasteiger partial charge in [-0.05, 0) is 37.5 Å². The Hall–Kier alpha value is -0.560. The van der Waals surface area contributed by atoms with Crippen LogP contribution in [-0.4, -0.2) is 0 Å². The van der Waals surface area contributed by atoms with Crippen LogP contribution in [0.15, 0.2) is 40.4 Å². The predicted molar refractivity (Wildman–Crippen MR) is 64.5 cm³/mol. The summed E-state index contributed by atoms with van der Waals surface area (Å²) in [6, 6.07) is 8.70. The van der Waals surface area contributed by atoms with Gasteiger partial charge in [0.25, 0.3) is 0 Å². The first-order valence-electron chi connectivity index (χ1n) is 5.04. The predicted octanol–water partition coefficient (Wildman–Crippen LogP) is 4.45. The molecule has 1 atom stereocenters. The molecule has 0 bridgehead atoms. The fraction of sp³-hybridized carbons (Fsp3) is 0.385. The van der Waals surface area contributed by atoms with Gasteiger partial charge in [-0.25, -0.2) is 0 Å². The number of benzene rings is 1. The van der Waals surface area contributed by atoms with E-state index in [2.05, 4.69) is 60.1 Å². The van der Waals surface area contributed by atoms with E-state index in [0.717, 1.165) is 4.47 Å². The molecule has 0 heterocycles. The summed E-state index contributed by atoms with van der Waals surface area (Å²) in [5.41, 5.74) is 3.22. The van der Waals surface area contributed by atoms with Crippen LogP contribution in [0.1, 0.15) is 32.3 Å². The molecule has 1 aliphatic carbocycles. The lowest BCUT2D eigenvalue weighted by Crippen LogP contribution is -2.14. The van der Waals surface area contributed by atoms with Gasteiger partial charge in [-0.1, -0.05) is 46.6 Å². The van der Waals surface area contributed by atoms with Gasteiger partial charge in [0.15, 0.2) is 0 Å². The van der Waals surface area contributed by atoms with Crippen LogP contribution in [0.5, 0.6) is 0 Å². The SMILES string of the molecule is CC1=C[C@](C)(c2ccc(Br)cc2)CC1. The molecule has 0 radical (unpaired) electrons. The molecule has 74 valence electrons. The molecule has 2 rings (SSSR count). The summed E-state index contributed by atoms with van der Waals surface area (Å²) in [4.78, 5) is 0. The van der Waals surface area contributed by atoms with Crippen LogP contribution in [0.25, 0.3) is 0 Å². The molecule has 0 unspecified atom stereocenters. The molecular weight excluding hydrogens is 236 g/mol. The highest BCUT2D eigenvalue weighted by Gasteiger charge is 2.28. The van der Waals surface area contributed by atoms with Crippen molar-refractivity contribution < 1.29 is 0 Å². The Morgan fingerprint density at radius 1 is 1.21 bits per heavy atom. The Balaban J connectivity index is 2.35. The van der Waals surface area contributed by atoms with Crippen molar-refractivity contribution in [2.75, 3.05) is 0 Å². The topological polar surface area (TPSA) is 0 Å². The van der Waals surface area contributed by atoms with Crippen molar-refractivity contribution in [2.45, 2.75) is 32.1 Å². The summed E-state index contributed by atoms with van der Waals surface area (Å²) >= 11 is 3.47. The van der Waals surface area contributed by atoms with Crippen molar-refractivity contribution in [3.63, 3.8) is 0 Å². The molecule has 1 aromatic carbocycles. The second-order valence-electron chi connectivity index (χ2n) is 4.42. The molecule has 0 saturated carbocycles. The summed E-state index contributed by atoms with van der Waals surface area (Å²) in [5.74, 6) is 0. The molecule has 0 fully saturated rings. The number of rotatable bonds is 1. The maximum Gasteiger partial charge on any atom is 0.0175 e. The van der Waals surface area contributed by atoms with Crippen LogP contribution in [0.4, 0.5) is 0 Å². The molecule has 1 heteroatoms. The van der Waals surface area contributed by atoms with Gasteiger partial charge in [0, 0.05) is 9.89 Å². The van der Waals surface area contributed by atoms with Crippen molar-refractivity contribution in [1.29, 1.82) is 0 Å². The van der Waals surface area contributed by atoms with E-state index >= 15 is 0 Å². The van der Waals surface area contributed by atoms with Gasteiger partial charge in [-0.15, -0.1) is 0 Å². The van der Waals surface area contributed by atoms with Gasteiger partial charge < -0.3 is 0 Å². The molecule has 1 aliphatic rings. The van der Waals surface area contributed by atoms with Gasteiger partial charge in [0.05, 0.1) is 0 Å². The maximum absolute atomic E-state index is 3.47. The first kappa shape index (κ1) is 9.97. The monoisotopic (exact) mass is 250 g/mol. The molecule has 1 aromatic rings. The Kier molecular flexibility index (Phi) is 2.52. The Bertz CT molecular complexity index is 361. The maximum atomic E-state index is 3.47. The normalized spacial score (nSPS) is 26.4. The zero-order valence-corrected chi connectivity index (χ0v) is 10.3. The highest BCUT2D eigenvalue weighted by atomic mass is 79.9. The average molecular weight is 251 g/mol. The molecule has 0 nitrogen and oxygen atoms in total. The number of halogens is 1. The van der Waals surface area contributed by atoms with Gasteiger partial charge in [0.2, 0.25) is 0 Å². The second-order valence-corrected chi connectivity index (χ2v) is 5.33. The van der Waals surface area contributed by atoms with Gasteiger partial charge in [-0.3, -0.25) is 0 Å². The van der Waals surface area contributed by atoms with Gasteiger partial charge >= 0.3 is 0 Å². The van der Waals surface area contributed by atoms with Crippen LogP contribution in [-0.2, 0) is 5.41 Å². The van der Waals surface area contributed by atoms with Crippen LogP contribution in [0, 0.1) is 0 Å². The Labute approximate surface area is 94.2 Å². The first-order valence-corrected chi connectivity index (χ1v) is 5.84. The fourth-order valence-corrected chi connectivity index (χ4v) is 2.47. The quantitative estimate of drug-likeness (QED) is 0.647. The lowest BCUT2D eigenvalue weighted by Gasteiger charge is -2.22. The zero-order chi connectivity index (χ0) is 10.2. The second kappa shape index (κ2) is 3.54. The summed E-state index contributed by atoms with van der Waals surface area (Å²) < 4.78 is 1.16. The van der Waals surface area contributed by atoms with E-state index in [4.69, 9.17) is 0 Å². The minimum Gasteiger partial charge on any atom is -0.0764 e. The third-order valence-corrected chi connectivity index (χ3v) is 3.64. The molecule has 0 saturated heterocycles. The summed E-state index contributed by atoms with van der Waals surface area (Å²) in [5, 5.41) is 0. The van der Waals surface area contributed by atoms with E-state index in [0.29, 0.717) is 0 Å². The van der Waals surface area contributed by atoms with Crippen LogP contribution >= 0.6 is 15.9 Å². The minimum atomic E-state index is 0.269. The van der Waals surface area contributed by atoms with Crippen LogP contribution in [0.3, 0.4) is 0 Å². The lowest BCUT2D eigenvalue weighted by atomic mass is 9.82. The Morgan fingerprint density at radius 3 is 2.36 bits per heavy atom. The minimum absolute atomic E-state index is 0.269. The molecule has 0 aromatic heterocycles. The van der Waals surface area contributed by atoms with Gasteiger partial charge in [0.1, 0.15) is 0 Å². The van der Waals surface area contributed by atoms with Crippen molar-refractivity contribution in [3.8, 4) is 0 Å². The lowest BCUT2D eigenvalue weighted by molar-refractivity contribution is 0.578. The van der Waals surface area contributed by atoms with Crippen LogP contribution < -0.4 is 0 Å². The van der Waals surface area contributed by atoms with E-state index in [1.165, 1.54) is 24.0 Å². The fourth-order valence-electron chi connectivity index (χ4n) is 2.20. The summed E-state index contributed by atoms with van der Waals surface area (Å²) in [7, 11) is 0. The van der Waals surface area contributed by atoms with E-state index in [-0.39, 0.29) is 5.41 Å². The first-order chi connectivity index (χ1) is 6.60. The van der Waals surface area contributed by atoms with E-state index in [1.807, 2.05) is 0 Å². The van der Waals surface area contributed by atoms with E-state index in [9.17, 15) is 0 Å². The molecule has 0 amide bonds. The summed E-state index contributed by atoms with van der Waals surface area (Å²) in [6.07, 6.45) is 4.91. The van der Waals surface area contributed by atoms with Crippen LogP contribution in [0.2, 0.25) is 0 Å². The number of allylic oxidation sites excluding steroid dienone is 2. The van der Waals surface area contributed by atoms with Crippen molar-refractivity contribution in [2.24, 2.45) is 0 Å². The highest BCUT2D eigenvalue weighted by Crippen LogP contribution is 2.38.